The molecule has 0 atom stereocenters. The predicted octanol–water partition coefficient (Wildman–Crippen LogP) is 2.25. The number of hydrogen-bond donors (Lipinski definition) is 3. The van der Waals surface area contributed by atoms with E-state index in [4.69, 9.17) is 5.11 Å². The summed E-state index contributed by atoms with van der Waals surface area (Å²) in [6.45, 7) is 0.444. The Morgan fingerprint density at radius 2 is 1.96 bits per heavy atom. The van der Waals surface area contributed by atoms with E-state index in [1.54, 1.807) is 6.07 Å². The Kier molecular flexibility index (Phi) is 4.78. The van der Waals surface area contributed by atoms with Crippen molar-refractivity contribution in [2.24, 2.45) is 11.8 Å². The van der Waals surface area contributed by atoms with Crippen LogP contribution in [0.25, 0.3) is 11.0 Å². The first-order chi connectivity index (χ1) is 11.5. The number of nitrogens with zero attached hydrogens (tertiary/aromatic N) is 1. The van der Waals surface area contributed by atoms with Crippen LogP contribution in [-0.2, 0) is 16.0 Å². The summed E-state index contributed by atoms with van der Waals surface area (Å²) in [6.07, 6.45) is 2.89. The predicted molar refractivity (Wildman–Crippen MR) is 85.8 cm³/mol. The quantitative estimate of drug-likeness (QED) is 0.782. The molecule has 24 heavy (non-hydrogen) atoms. The van der Waals surface area contributed by atoms with Crippen LogP contribution < -0.4 is 5.32 Å². The summed E-state index contributed by atoms with van der Waals surface area (Å²) >= 11 is 0. The topological polar surface area (TPSA) is 95.1 Å². The van der Waals surface area contributed by atoms with Gasteiger partial charge in [-0.1, -0.05) is 0 Å². The summed E-state index contributed by atoms with van der Waals surface area (Å²) in [5, 5.41) is 11.9. The summed E-state index contributed by atoms with van der Waals surface area (Å²) in [5.74, 6) is -0.833. The van der Waals surface area contributed by atoms with E-state index in [0.29, 0.717) is 55.5 Å². The average molecular weight is 333 g/mol. The lowest BCUT2D eigenvalue weighted by molar-refractivity contribution is -0.144. The number of aromatic amines is 1. The van der Waals surface area contributed by atoms with Gasteiger partial charge in [-0.05, 0) is 43.9 Å². The molecule has 1 aliphatic rings. The zero-order chi connectivity index (χ0) is 17.1. The van der Waals surface area contributed by atoms with Crippen molar-refractivity contribution in [3.05, 3.63) is 29.8 Å². The van der Waals surface area contributed by atoms with Gasteiger partial charge in [0.15, 0.2) is 0 Å². The average Bonchev–Trinajstić information content (AvgIpc) is 2.96. The molecule has 1 amide bonds. The van der Waals surface area contributed by atoms with E-state index in [9.17, 15) is 14.0 Å². The van der Waals surface area contributed by atoms with Crippen molar-refractivity contribution in [3.8, 4) is 0 Å². The lowest BCUT2D eigenvalue weighted by Gasteiger charge is -2.25. The molecule has 7 heteroatoms. The Balaban J connectivity index is 1.47. The van der Waals surface area contributed by atoms with Gasteiger partial charge in [-0.3, -0.25) is 9.59 Å². The molecule has 0 unspecified atom stereocenters. The monoisotopic (exact) mass is 333 g/mol. The van der Waals surface area contributed by atoms with Crippen molar-refractivity contribution >= 4 is 22.9 Å². The lowest BCUT2D eigenvalue weighted by Crippen LogP contribution is -2.35. The molecule has 0 radical (unpaired) electrons. The molecule has 0 spiro atoms. The molecule has 3 rings (SSSR count). The molecular formula is C17H20FN3O3. The first-order valence-corrected chi connectivity index (χ1v) is 8.17. The smallest absolute Gasteiger partial charge is 0.306 e. The van der Waals surface area contributed by atoms with E-state index >= 15 is 0 Å². The number of halogens is 1. The van der Waals surface area contributed by atoms with Gasteiger partial charge in [0, 0.05) is 18.9 Å². The highest BCUT2D eigenvalue weighted by atomic mass is 19.1. The minimum absolute atomic E-state index is 0.0269. The summed E-state index contributed by atoms with van der Waals surface area (Å²) in [7, 11) is 0. The Bertz CT molecular complexity index is 751. The minimum atomic E-state index is -0.768. The van der Waals surface area contributed by atoms with Crippen LogP contribution in [0.1, 0.15) is 31.5 Å². The largest absolute Gasteiger partial charge is 0.481 e. The fourth-order valence-electron chi connectivity index (χ4n) is 3.20. The molecule has 1 saturated carbocycles. The number of carboxylic acids is 1. The number of carbonyl (C=O) groups is 2. The molecule has 1 aromatic heterocycles. The summed E-state index contributed by atoms with van der Waals surface area (Å²) < 4.78 is 13.1. The van der Waals surface area contributed by atoms with Crippen LogP contribution in [0.4, 0.5) is 4.39 Å². The van der Waals surface area contributed by atoms with Crippen molar-refractivity contribution in [1.82, 2.24) is 15.3 Å². The lowest BCUT2D eigenvalue weighted by atomic mass is 9.81. The van der Waals surface area contributed by atoms with Crippen LogP contribution in [0, 0.1) is 17.7 Å². The fraction of sp³-hybridized carbons (Fsp3) is 0.471. The molecule has 1 aromatic carbocycles. The Labute approximate surface area is 138 Å². The number of fused-ring (bicyclic) bond motifs is 1. The maximum absolute atomic E-state index is 13.1. The van der Waals surface area contributed by atoms with Gasteiger partial charge < -0.3 is 15.4 Å². The zero-order valence-electron chi connectivity index (χ0n) is 13.2. The fourth-order valence-corrected chi connectivity index (χ4v) is 3.20. The highest BCUT2D eigenvalue weighted by Crippen LogP contribution is 2.28. The Morgan fingerprint density at radius 3 is 2.67 bits per heavy atom. The molecule has 128 valence electrons. The van der Waals surface area contributed by atoms with Gasteiger partial charge in [0.05, 0.1) is 17.0 Å². The number of hydrogen-bond acceptors (Lipinski definition) is 3. The molecule has 1 fully saturated rings. The number of aliphatic carboxylic acids is 1. The SMILES string of the molecule is O=C(O)C1CCC(C(=O)NCCc2nc3ccc(F)cc3[nH]2)CC1. The Morgan fingerprint density at radius 1 is 1.25 bits per heavy atom. The number of H-pyrrole nitrogens is 1. The van der Waals surface area contributed by atoms with E-state index in [1.165, 1.54) is 12.1 Å². The first kappa shape index (κ1) is 16.4. The minimum Gasteiger partial charge on any atom is -0.481 e. The van der Waals surface area contributed by atoms with E-state index in [0.717, 1.165) is 0 Å². The van der Waals surface area contributed by atoms with E-state index < -0.39 is 5.97 Å². The van der Waals surface area contributed by atoms with Crippen molar-refractivity contribution < 1.29 is 19.1 Å². The molecule has 3 N–H and O–H groups in total. The second-order valence-corrected chi connectivity index (χ2v) is 6.27. The third-order valence-corrected chi connectivity index (χ3v) is 4.60. The highest BCUT2D eigenvalue weighted by Gasteiger charge is 2.29. The van der Waals surface area contributed by atoms with E-state index in [1.807, 2.05) is 0 Å². The highest BCUT2D eigenvalue weighted by molar-refractivity contribution is 5.79. The van der Waals surface area contributed by atoms with Crippen LogP contribution in [0.15, 0.2) is 18.2 Å². The van der Waals surface area contributed by atoms with Crippen molar-refractivity contribution in [3.63, 3.8) is 0 Å². The van der Waals surface area contributed by atoms with Gasteiger partial charge in [-0.15, -0.1) is 0 Å². The second kappa shape index (κ2) is 6.98. The third-order valence-electron chi connectivity index (χ3n) is 4.60. The molecule has 2 aromatic rings. The van der Waals surface area contributed by atoms with Gasteiger partial charge in [0.1, 0.15) is 11.6 Å². The number of nitrogens with one attached hydrogen (secondary N) is 2. The van der Waals surface area contributed by atoms with E-state index in [2.05, 4.69) is 15.3 Å². The van der Waals surface area contributed by atoms with Crippen molar-refractivity contribution in [2.75, 3.05) is 6.54 Å². The zero-order valence-corrected chi connectivity index (χ0v) is 13.2. The molecule has 0 bridgehead atoms. The first-order valence-electron chi connectivity index (χ1n) is 8.17. The van der Waals surface area contributed by atoms with E-state index in [-0.39, 0.29) is 23.6 Å². The van der Waals surface area contributed by atoms with Gasteiger partial charge in [-0.25, -0.2) is 9.37 Å². The van der Waals surface area contributed by atoms with Crippen LogP contribution in [0.5, 0.6) is 0 Å². The number of amides is 1. The summed E-state index contributed by atoms with van der Waals surface area (Å²) in [5.41, 5.74) is 1.34. The van der Waals surface area contributed by atoms with Crippen LogP contribution >= 0.6 is 0 Å². The molecule has 6 nitrogen and oxygen atoms in total. The standard InChI is InChI=1S/C17H20FN3O3/c18-12-5-6-13-14(9-12)21-15(20-13)7-8-19-16(22)10-1-3-11(4-2-10)17(23)24/h5-6,9-11H,1-4,7-8H2,(H,19,22)(H,20,21)(H,23,24). The maximum atomic E-state index is 13.1. The Hall–Kier alpha value is -2.44. The van der Waals surface area contributed by atoms with Gasteiger partial charge in [0.2, 0.25) is 5.91 Å². The molecule has 0 aliphatic heterocycles. The van der Waals surface area contributed by atoms with Crippen molar-refractivity contribution in [1.29, 1.82) is 0 Å². The maximum Gasteiger partial charge on any atom is 0.306 e. The number of carbonyl (C=O) groups excluding carboxylic acids is 1. The summed E-state index contributed by atoms with van der Waals surface area (Å²) in [4.78, 5) is 30.5. The number of rotatable bonds is 5. The summed E-state index contributed by atoms with van der Waals surface area (Å²) in [6, 6.07) is 4.37. The number of aromatic nitrogens is 2. The second-order valence-electron chi connectivity index (χ2n) is 6.27. The number of benzene rings is 1. The molecule has 0 saturated heterocycles. The number of carboxylic acid groups (broad SMARTS) is 1. The third kappa shape index (κ3) is 3.72. The van der Waals surface area contributed by atoms with Crippen LogP contribution in [-0.4, -0.2) is 33.5 Å². The molecule has 1 heterocycles. The normalized spacial score (nSPS) is 20.9. The van der Waals surface area contributed by atoms with Crippen molar-refractivity contribution in [2.45, 2.75) is 32.1 Å². The van der Waals surface area contributed by atoms with Crippen LogP contribution in [0.2, 0.25) is 0 Å². The van der Waals surface area contributed by atoms with Gasteiger partial charge >= 0.3 is 5.97 Å². The van der Waals surface area contributed by atoms with Gasteiger partial charge in [0.25, 0.3) is 0 Å². The van der Waals surface area contributed by atoms with Crippen LogP contribution in [0.3, 0.4) is 0 Å². The van der Waals surface area contributed by atoms with Gasteiger partial charge in [-0.2, -0.15) is 0 Å². The molecule has 1 aliphatic carbocycles. The number of imidazole rings is 1. The molecular weight excluding hydrogens is 313 g/mol.